The molecule has 0 aliphatic heterocycles. The maximum absolute atomic E-state index is 5.21. The fourth-order valence-electron chi connectivity index (χ4n) is 2.98. The first-order valence-electron chi connectivity index (χ1n) is 7.56. The van der Waals surface area contributed by atoms with Gasteiger partial charge in [-0.2, -0.15) is 0 Å². The van der Waals surface area contributed by atoms with Crippen molar-refractivity contribution < 1.29 is 4.74 Å². The van der Waals surface area contributed by atoms with Gasteiger partial charge in [-0.15, -0.1) is 0 Å². The molecule has 1 fully saturated rings. The monoisotopic (exact) mass is 256 g/mol. The van der Waals surface area contributed by atoms with Crippen molar-refractivity contribution in [1.29, 1.82) is 0 Å². The summed E-state index contributed by atoms with van der Waals surface area (Å²) in [6.07, 6.45) is 5.58. The second-order valence-corrected chi connectivity index (χ2v) is 6.10. The fraction of sp³-hybridized carbons (Fsp3) is 1.00. The van der Waals surface area contributed by atoms with Gasteiger partial charge in [0.05, 0.1) is 6.61 Å². The molecule has 1 rings (SSSR count). The van der Waals surface area contributed by atoms with Crippen LogP contribution in [0, 0.1) is 5.41 Å². The lowest BCUT2D eigenvalue weighted by Gasteiger charge is -2.36. The maximum Gasteiger partial charge on any atom is 0.0589 e. The van der Waals surface area contributed by atoms with E-state index in [0.717, 1.165) is 19.7 Å². The van der Waals surface area contributed by atoms with Crippen LogP contribution >= 0.6 is 0 Å². The molecule has 18 heavy (non-hydrogen) atoms. The van der Waals surface area contributed by atoms with E-state index in [1.807, 2.05) is 0 Å². The number of hydrogen-bond donors (Lipinski definition) is 1. The number of nitrogens with zero attached hydrogens (tertiary/aromatic N) is 1. The van der Waals surface area contributed by atoms with Gasteiger partial charge >= 0.3 is 0 Å². The number of nitrogens with one attached hydrogen (secondary N) is 1. The lowest BCUT2D eigenvalue weighted by Crippen LogP contribution is -2.45. The molecule has 0 aromatic rings. The topological polar surface area (TPSA) is 24.5 Å². The van der Waals surface area contributed by atoms with E-state index in [-0.39, 0.29) is 0 Å². The first-order valence-corrected chi connectivity index (χ1v) is 7.56. The van der Waals surface area contributed by atoms with Crippen LogP contribution in [0.5, 0.6) is 0 Å². The van der Waals surface area contributed by atoms with Gasteiger partial charge in [-0.3, -0.25) is 0 Å². The van der Waals surface area contributed by atoms with Crippen LogP contribution in [0.3, 0.4) is 0 Å². The quantitative estimate of drug-likeness (QED) is 0.686. The summed E-state index contributed by atoms with van der Waals surface area (Å²) in [5.74, 6) is 0. The third-order valence-corrected chi connectivity index (χ3v) is 4.17. The number of likely N-dealkylation sites (N-methyl/N-ethyl adjacent to an activating group) is 1. The van der Waals surface area contributed by atoms with E-state index in [4.69, 9.17) is 4.74 Å². The highest BCUT2D eigenvalue weighted by Gasteiger charge is 2.34. The summed E-state index contributed by atoms with van der Waals surface area (Å²) in [6.45, 7) is 12.2. The predicted molar refractivity (Wildman–Crippen MR) is 78.0 cm³/mol. The van der Waals surface area contributed by atoms with Gasteiger partial charge < -0.3 is 15.0 Å². The van der Waals surface area contributed by atoms with Crippen molar-refractivity contribution >= 4 is 0 Å². The van der Waals surface area contributed by atoms with E-state index < -0.39 is 0 Å². The van der Waals surface area contributed by atoms with Gasteiger partial charge in [-0.1, -0.05) is 33.6 Å². The highest BCUT2D eigenvalue weighted by Crippen LogP contribution is 2.38. The average molecular weight is 256 g/mol. The molecule has 0 aromatic heterocycles. The Labute approximate surface area is 113 Å². The zero-order valence-corrected chi connectivity index (χ0v) is 12.8. The van der Waals surface area contributed by atoms with E-state index in [1.165, 1.54) is 38.8 Å². The van der Waals surface area contributed by atoms with Crippen LogP contribution in [0.2, 0.25) is 0 Å². The smallest absolute Gasteiger partial charge is 0.0589 e. The van der Waals surface area contributed by atoms with Crippen LogP contribution in [-0.2, 0) is 4.74 Å². The van der Waals surface area contributed by atoms with Crippen LogP contribution < -0.4 is 5.32 Å². The normalized spacial score (nSPS) is 19.0. The molecular weight excluding hydrogens is 224 g/mol. The molecule has 3 heteroatoms. The molecule has 0 heterocycles. The van der Waals surface area contributed by atoms with Crippen LogP contribution in [0.15, 0.2) is 0 Å². The summed E-state index contributed by atoms with van der Waals surface area (Å²) in [4.78, 5) is 2.55. The minimum atomic E-state index is 0.508. The lowest BCUT2D eigenvalue weighted by molar-refractivity contribution is 0.108. The van der Waals surface area contributed by atoms with Gasteiger partial charge in [-0.05, 0) is 24.8 Å². The molecule has 1 saturated carbocycles. The van der Waals surface area contributed by atoms with Crippen molar-refractivity contribution in [1.82, 2.24) is 10.2 Å². The first kappa shape index (κ1) is 15.9. The Kier molecular flexibility index (Phi) is 7.20. The summed E-state index contributed by atoms with van der Waals surface area (Å²) in [5.41, 5.74) is 0.508. The SMILES string of the molecule is CCN(CCOC)CC1(CNC(C)C)CCCC1. The van der Waals surface area contributed by atoms with E-state index >= 15 is 0 Å². The Morgan fingerprint density at radius 2 is 1.94 bits per heavy atom. The molecule has 0 aromatic carbocycles. The zero-order valence-electron chi connectivity index (χ0n) is 12.8. The number of methoxy groups -OCH3 is 1. The Balaban J connectivity index is 2.49. The molecule has 0 amide bonds. The van der Waals surface area contributed by atoms with E-state index in [1.54, 1.807) is 7.11 Å². The van der Waals surface area contributed by atoms with Crippen LogP contribution in [-0.4, -0.2) is 50.8 Å². The molecule has 0 unspecified atom stereocenters. The third kappa shape index (κ3) is 5.25. The molecule has 0 spiro atoms. The largest absolute Gasteiger partial charge is 0.383 e. The second-order valence-electron chi connectivity index (χ2n) is 6.10. The zero-order chi connectivity index (χ0) is 13.4. The molecule has 0 atom stereocenters. The van der Waals surface area contributed by atoms with Gasteiger partial charge in [0.15, 0.2) is 0 Å². The van der Waals surface area contributed by atoms with Crippen molar-refractivity contribution in [3.63, 3.8) is 0 Å². The van der Waals surface area contributed by atoms with Crippen molar-refractivity contribution in [2.24, 2.45) is 5.41 Å². The van der Waals surface area contributed by atoms with E-state index in [9.17, 15) is 0 Å². The molecular formula is C15H32N2O. The molecule has 108 valence electrons. The minimum absolute atomic E-state index is 0.508. The van der Waals surface area contributed by atoms with Gasteiger partial charge in [-0.25, -0.2) is 0 Å². The molecule has 0 radical (unpaired) electrons. The van der Waals surface area contributed by atoms with E-state index in [0.29, 0.717) is 11.5 Å². The fourth-order valence-corrected chi connectivity index (χ4v) is 2.98. The minimum Gasteiger partial charge on any atom is -0.383 e. The van der Waals surface area contributed by atoms with Gasteiger partial charge in [0.2, 0.25) is 0 Å². The maximum atomic E-state index is 5.21. The number of hydrogen-bond acceptors (Lipinski definition) is 3. The molecule has 0 bridgehead atoms. The summed E-state index contributed by atoms with van der Waals surface area (Å²) < 4.78 is 5.21. The Morgan fingerprint density at radius 3 is 2.44 bits per heavy atom. The van der Waals surface area contributed by atoms with Crippen molar-refractivity contribution in [3.05, 3.63) is 0 Å². The highest BCUT2D eigenvalue weighted by molar-refractivity contribution is 4.89. The third-order valence-electron chi connectivity index (χ3n) is 4.17. The van der Waals surface area contributed by atoms with Crippen molar-refractivity contribution in [2.45, 2.75) is 52.5 Å². The average Bonchev–Trinajstić information content (AvgIpc) is 2.81. The van der Waals surface area contributed by atoms with Gasteiger partial charge in [0.1, 0.15) is 0 Å². The predicted octanol–water partition coefficient (Wildman–Crippen LogP) is 2.51. The van der Waals surface area contributed by atoms with Crippen LogP contribution in [0.4, 0.5) is 0 Å². The first-order chi connectivity index (χ1) is 8.62. The number of ether oxygens (including phenoxy) is 1. The second kappa shape index (κ2) is 8.13. The summed E-state index contributed by atoms with van der Waals surface area (Å²) in [6, 6.07) is 0.594. The molecule has 1 aliphatic carbocycles. The van der Waals surface area contributed by atoms with Crippen LogP contribution in [0.25, 0.3) is 0 Å². The van der Waals surface area contributed by atoms with Crippen molar-refractivity contribution in [2.75, 3.05) is 39.9 Å². The van der Waals surface area contributed by atoms with E-state index in [2.05, 4.69) is 31.0 Å². The Morgan fingerprint density at radius 1 is 1.28 bits per heavy atom. The molecule has 3 nitrogen and oxygen atoms in total. The molecule has 0 saturated heterocycles. The highest BCUT2D eigenvalue weighted by atomic mass is 16.5. The standard InChI is InChI=1S/C15H32N2O/c1-5-17(10-11-18-4)13-15(8-6-7-9-15)12-16-14(2)3/h14,16H,5-13H2,1-4H3. The van der Waals surface area contributed by atoms with Gasteiger partial charge in [0.25, 0.3) is 0 Å². The van der Waals surface area contributed by atoms with Gasteiger partial charge in [0, 0.05) is 32.8 Å². The molecule has 1 aliphatic rings. The Bertz CT molecular complexity index is 213. The summed E-state index contributed by atoms with van der Waals surface area (Å²) in [7, 11) is 1.79. The van der Waals surface area contributed by atoms with Crippen molar-refractivity contribution in [3.8, 4) is 0 Å². The van der Waals surface area contributed by atoms with Crippen LogP contribution in [0.1, 0.15) is 46.5 Å². The number of rotatable bonds is 9. The lowest BCUT2D eigenvalue weighted by atomic mass is 9.85. The Hall–Kier alpha value is -0.120. The molecule has 1 N–H and O–H groups in total. The summed E-state index contributed by atoms with van der Waals surface area (Å²) in [5, 5.41) is 3.66. The summed E-state index contributed by atoms with van der Waals surface area (Å²) >= 11 is 0.